The van der Waals surface area contributed by atoms with E-state index in [9.17, 15) is 0 Å². The minimum absolute atomic E-state index is 1.01. The smallest absolute Gasteiger partial charge is 0.0285 e. The van der Waals surface area contributed by atoms with Crippen LogP contribution in [0.5, 0.6) is 0 Å². The molecule has 0 unspecified atom stereocenters. The number of rotatable bonds is 3. The van der Waals surface area contributed by atoms with Gasteiger partial charge in [-0.05, 0) is 39.1 Å². The minimum Gasteiger partial charge on any atom is -0.0622 e. The van der Waals surface area contributed by atoms with Gasteiger partial charge >= 0.3 is 0 Å². The Morgan fingerprint density at radius 2 is 1.29 bits per heavy atom. The van der Waals surface area contributed by atoms with Gasteiger partial charge in [-0.3, -0.25) is 0 Å². The van der Waals surface area contributed by atoms with Crippen molar-refractivity contribution in [2.75, 3.05) is 0 Å². The Morgan fingerprint density at radius 3 is 1.76 bits per heavy atom. The quantitative estimate of drug-likeness (QED) is 0.667. The zero-order valence-electron chi connectivity index (χ0n) is 9.86. The lowest BCUT2D eigenvalue weighted by molar-refractivity contribution is 1.24. The second-order valence-corrected chi connectivity index (χ2v) is 4.67. The van der Waals surface area contributed by atoms with Crippen molar-refractivity contribution >= 4 is 26.0 Å². The fourth-order valence-corrected chi connectivity index (χ4v) is 2.66. The van der Waals surface area contributed by atoms with Gasteiger partial charge in [-0.15, -0.1) is 0 Å². The molecule has 0 N–H and O–H groups in total. The van der Waals surface area contributed by atoms with Gasteiger partial charge in [0.05, 0.1) is 0 Å². The first-order chi connectivity index (χ1) is 8.33. The molecule has 0 amide bonds. The van der Waals surface area contributed by atoms with Crippen LogP contribution in [-0.2, 0) is 0 Å². The first-order valence-electron chi connectivity index (χ1n) is 5.82. The standard InChI is InChI=1S/C16H15Br/c1-2-15(13-9-5-3-6-10-13)16(17)14-11-7-4-8-12-14/h3-12H,2H2,1H3/b16-15-. The average Bonchev–Trinajstić information content (AvgIpc) is 2.42. The van der Waals surface area contributed by atoms with E-state index in [1.165, 1.54) is 21.2 Å². The molecule has 0 bridgehead atoms. The Morgan fingerprint density at radius 1 is 0.824 bits per heavy atom. The van der Waals surface area contributed by atoms with Gasteiger partial charge in [0.1, 0.15) is 0 Å². The van der Waals surface area contributed by atoms with Crippen molar-refractivity contribution in [1.29, 1.82) is 0 Å². The van der Waals surface area contributed by atoms with E-state index in [0.717, 1.165) is 6.42 Å². The van der Waals surface area contributed by atoms with Crippen LogP contribution >= 0.6 is 15.9 Å². The molecule has 0 aromatic heterocycles. The summed E-state index contributed by atoms with van der Waals surface area (Å²) in [4.78, 5) is 0. The molecule has 0 radical (unpaired) electrons. The molecule has 1 heteroatoms. The zero-order chi connectivity index (χ0) is 12.1. The van der Waals surface area contributed by atoms with Crippen LogP contribution in [0.1, 0.15) is 24.5 Å². The molecule has 0 aliphatic carbocycles. The molecule has 0 atom stereocenters. The topological polar surface area (TPSA) is 0 Å². The highest BCUT2D eigenvalue weighted by atomic mass is 79.9. The summed E-state index contributed by atoms with van der Waals surface area (Å²) in [5.74, 6) is 0. The average molecular weight is 287 g/mol. The van der Waals surface area contributed by atoms with Crippen molar-refractivity contribution in [3.05, 3.63) is 71.8 Å². The second-order valence-electron chi connectivity index (χ2n) is 3.88. The molecule has 17 heavy (non-hydrogen) atoms. The summed E-state index contributed by atoms with van der Waals surface area (Å²) >= 11 is 3.73. The summed E-state index contributed by atoms with van der Waals surface area (Å²) in [6, 6.07) is 20.9. The predicted molar refractivity (Wildman–Crippen MR) is 78.9 cm³/mol. The monoisotopic (exact) mass is 286 g/mol. The number of hydrogen-bond donors (Lipinski definition) is 0. The van der Waals surface area contributed by atoms with Crippen molar-refractivity contribution < 1.29 is 0 Å². The highest BCUT2D eigenvalue weighted by Crippen LogP contribution is 2.32. The largest absolute Gasteiger partial charge is 0.0622 e. The predicted octanol–water partition coefficient (Wildman–Crippen LogP) is 5.36. The third kappa shape index (κ3) is 2.86. The molecule has 0 nitrogen and oxygen atoms in total. The lowest BCUT2D eigenvalue weighted by Gasteiger charge is -2.09. The summed E-state index contributed by atoms with van der Waals surface area (Å²) in [6.07, 6.45) is 1.01. The fraction of sp³-hybridized carbons (Fsp3) is 0.125. The van der Waals surface area contributed by atoms with Crippen molar-refractivity contribution in [2.24, 2.45) is 0 Å². The molecule has 86 valence electrons. The van der Waals surface area contributed by atoms with Crippen LogP contribution in [0.4, 0.5) is 0 Å². The highest BCUT2D eigenvalue weighted by molar-refractivity contribution is 9.15. The molecule has 0 aliphatic heterocycles. The fourth-order valence-electron chi connectivity index (χ4n) is 1.88. The summed E-state index contributed by atoms with van der Waals surface area (Å²) in [6.45, 7) is 2.19. The van der Waals surface area contributed by atoms with Crippen LogP contribution in [-0.4, -0.2) is 0 Å². The molecule has 0 aliphatic rings. The lowest BCUT2D eigenvalue weighted by atomic mass is 10.0. The summed E-state index contributed by atoms with van der Waals surface area (Å²) in [5, 5.41) is 0. The van der Waals surface area contributed by atoms with E-state index < -0.39 is 0 Å². The van der Waals surface area contributed by atoms with Crippen LogP contribution in [0.2, 0.25) is 0 Å². The third-order valence-corrected chi connectivity index (χ3v) is 3.70. The van der Waals surface area contributed by atoms with E-state index in [-0.39, 0.29) is 0 Å². The maximum atomic E-state index is 3.73. The molecule has 2 aromatic rings. The molecule has 2 aromatic carbocycles. The Labute approximate surface area is 111 Å². The second kappa shape index (κ2) is 5.83. The van der Waals surface area contributed by atoms with Crippen molar-refractivity contribution in [3.8, 4) is 0 Å². The van der Waals surface area contributed by atoms with Gasteiger partial charge in [0, 0.05) is 4.48 Å². The molecule has 0 heterocycles. The van der Waals surface area contributed by atoms with Crippen LogP contribution in [0.25, 0.3) is 10.1 Å². The summed E-state index contributed by atoms with van der Waals surface area (Å²) in [7, 11) is 0. The van der Waals surface area contributed by atoms with E-state index in [1.54, 1.807) is 0 Å². The summed E-state index contributed by atoms with van der Waals surface area (Å²) in [5.41, 5.74) is 3.86. The van der Waals surface area contributed by atoms with Crippen LogP contribution in [0.15, 0.2) is 60.7 Å². The zero-order valence-corrected chi connectivity index (χ0v) is 11.4. The van der Waals surface area contributed by atoms with Gasteiger partial charge in [-0.2, -0.15) is 0 Å². The van der Waals surface area contributed by atoms with Gasteiger partial charge < -0.3 is 0 Å². The Bertz CT molecular complexity index is 498. The Hall–Kier alpha value is -1.34. The van der Waals surface area contributed by atoms with Crippen LogP contribution in [0, 0.1) is 0 Å². The first-order valence-corrected chi connectivity index (χ1v) is 6.61. The lowest BCUT2D eigenvalue weighted by Crippen LogP contribution is -1.86. The highest BCUT2D eigenvalue weighted by Gasteiger charge is 2.06. The van der Waals surface area contributed by atoms with E-state index in [0.29, 0.717) is 0 Å². The van der Waals surface area contributed by atoms with Crippen molar-refractivity contribution in [1.82, 2.24) is 0 Å². The van der Waals surface area contributed by atoms with Crippen LogP contribution in [0.3, 0.4) is 0 Å². The number of halogens is 1. The maximum Gasteiger partial charge on any atom is 0.0285 e. The molecule has 0 saturated carbocycles. The first kappa shape index (κ1) is 12.1. The number of benzene rings is 2. The van der Waals surface area contributed by atoms with Gasteiger partial charge in [-0.1, -0.05) is 67.6 Å². The molecular formula is C16H15Br. The molecule has 0 fully saturated rings. The maximum absolute atomic E-state index is 3.73. The number of hydrogen-bond acceptors (Lipinski definition) is 0. The Balaban J connectivity index is 2.48. The normalized spacial score (nSPS) is 12.1. The molecular weight excluding hydrogens is 272 g/mol. The van der Waals surface area contributed by atoms with Gasteiger partial charge in [0.25, 0.3) is 0 Å². The van der Waals surface area contributed by atoms with Gasteiger partial charge in [0.2, 0.25) is 0 Å². The van der Waals surface area contributed by atoms with Crippen molar-refractivity contribution in [2.45, 2.75) is 13.3 Å². The minimum atomic E-state index is 1.01. The van der Waals surface area contributed by atoms with E-state index in [2.05, 4.69) is 71.4 Å². The SMILES string of the molecule is CC/C(=C(/Br)c1ccccc1)c1ccccc1. The molecule has 2 rings (SSSR count). The van der Waals surface area contributed by atoms with Gasteiger partial charge in [-0.25, -0.2) is 0 Å². The third-order valence-electron chi connectivity index (χ3n) is 2.77. The van der Waals surface area contributed by atoms with Gasteiger partial charge in [0.15, 0.2) is 0 Å². The van der Waals surface area contributed by atoms with E-state index >= 15 is 0 Å². The van der Waals surface area contributed by atoms with E-state index in [4.69, 9.17) is 0 Å². The van der Waals surface area contributed by atoms with E-state index in [1.807, 2.05) is 12.1 Å². The molecule has 0 saturated heterocycles. The Kier molecular flexibility index (Phi) is 4.16. The summed E-state index contributed by atoms with van der Waals surface area (Å²) < 4.78 is 1.19. The number of allylic oxidation sites excluding steroid dienone is 1. The molecule has 0 spiro atoms. The van der Waals surface area contributed by atoms with Crippen molar-refractivity contribution in [3.63, 3.8) is 0 Å². The van der Waals surface area contributed by atoms with Crippen LogP contribution < -0.4 is 0 Å².